The van der Waals surface area contributed by atoms with Gasteiger partial charge in [0.15, 0.2) is 0 Å². The Balaban J connectivity index is 2.97. The maximum absolute atomic E-state index is 8.82. The van der Waals surface area contributed by atoms with Crippen LogP contribution in [0.3, 0.4) is 0 Å². The minimum Gasteiger partial charge on any atom is -0.497 e. The first kappa shape index (κ1) is 16.6. The SMILES string of the molecule is CCCN(CC)Cc1cc(OC)ccc1C#CCCO. The predicted molar refractivity (Wildman–Crippen MR) is 82.8 cm³/mol. The summed E-state index contributed by atoms with van der Waals surface area (Å²) in [4.78, 5) is 2.39. The highest BCUT2D eigenvalue weighted by molar-refractivity contribution is 5.45. The van der Waals surface area contributed by atoms with Gasteiger partial charge in [0.1, 0.15) is 5.75 Å². The third kappa shape index (κ3) is 5.24. The lowest BCUT2D eigenvalue weighted by atomic mass is 10.1. The number of methoxy groups -OCH3 is 1. The molecule has 0 atom stereocenters. The molecule has 110 valence electrons. The molecule has 1 rings (SSSR count). The highest BCUT2D eigenvalue weighted by Crippen LogP contribution is 2.19. The molecule has 0 saturated heterocycles. The fourth-order valence-corrected chi connectivity index (χ4v) is 2.07. The van der Waals surface area contributed by atoms with E-state index in [0.29, 0.717) is 6.42 Å². The highest BCUT2D eigenvalue weighted by atomic mass is 16.5. The maximum Gasteiger partial charge on any atom is 0.119 e. The van der Waals surface area contributed by atoms with E-state index in [4.69, 9.17) is 9.84 Å². The average molecular weight is 275 g/mol. The summed E-state index contributed by atoms with van der Waals surface area (Å²) in [6.45, 7) is 7.45. The van der Waals surface area contributed by atoms with E-state index in [1.54, 1.807) is 7.11 Å². The van der Waals surface area contributed by atoms with Gasteiger partial charge in [-0.25, -0.2) is 0 Å². The second-order valence-corrected chi connectivity index (χ2v) is 4.67. The van der Waals surface area contributed by atoms with Crippen molar-refractivity contribution in [3.8, 4) is 17.6 Å². The van der Waals surface area contributed by atoms with Gasteiger partial charge >= 0.3 is 0 Å². The van der Waals surface area contributed by atoms with Gasteiger partial charge in [0.05, 0.1) is 13.7 Å². The third-order valence-electron chi connectivity index (χ3n) is 3.15. The van der Waals surface area contributed by atoms with Crippen molar-refractivity contribution in [2.24, 2.45) is 0 Å². The van der Waals surface area contributed by atoms with Gasteiger partial charge in [-0.15, -0.1) is 0 Å². The molecule has 1 aromatic carbocycles. The van der Waals surface area contributed by atoms with Gasteiger partial charge in [0.2, 0.25) is 0 Å². The van der Waals surface area contributed by atoms with E-state index in [1.807, 2.05) is 12.1 Å². The van der Waals surface area contributed by atoms with Gasteiger partial charge in [0.25, 0.3) is 0 Å². The van der Waals surface area contributed by atoms with E-state index < -0.39 is 0 Å². The molecule has 0 fully saturated rings. The lowest BCUT2D eigenvalue weighted by Gasteiger charge is -2.20. The Morgan fingerprint density at radius 3 is 2.70 bits per heavy atom. The normalized spacial score (nSPS) is 10.2. The molecule has 1 aromatic rings. The van der Waals surface area contributed by atoms with Crippen molar-refractivity contribution in [2.45, 2.75) is 33.2 Å². The lowest BCUT2D eigenvalue weighted by Crippen LogP contribution is -2.24. The number of hydrogen-bond donors (Lipinski definition) is 1. The van der Waals surface area contributed by atoms with Crippen molar-refractivity contribution in [3.05, 3.63) is 29.3 Å². The van der Waals surface area contributed by atoms with E-state index in [1.165, 1.54) is 5.56 Å². The molecule has 0 amide bonds. The van der Waals surface area contributed by atoms with Crippen LogP contribution in [0.2, 0.25) is 0 Å². The van der Waals surface area contributed by atoms with Gasteiger partial charge < -0.3 is 9.84 Å². The van der Waals surface area contributed by atoms with Crippen molar-refractivity contribution in [2.75, 3.05) is 26.8 Å². The standard InChI is InChI=1S/C17H25NO2/c1-4-11-18(5-2)14-16-13-17(20-3)10-9-15(16)8-6-7-12-19/h9-10,13,19H,4-5,7,11-12,14H2,1-3H3. The quantitative estimate of drug-likeness (QED) is 0.777. The Labute approximate surface area is 122 Å². The molecule has 20 heavy (non-hydrogen) atoms. The molecule has 0 bridgehead atoms. The summed E-state index contributed by atoms with van der Waals surface area (Å²) in [6.07, 6.45) is 1.65. The number of aliphatic hydroxyl groups is 1. The van der Waals surface area contributed by atoms with Gasteiger partial charge in [-0.2, -0.15) is 0 Å². The lowest BCUT2D eigenvalue weighted by molar-refractivity contribution is 0.280. The van der Waals surface area contributed by atoms with Crippen LogP contribution in [0.25, 0.3) is 0 Å². The summed E-state index contributed by atoms with van der Waals surface area (Å²) >= 11 is 0. The van der Waals surface area contributed by atoms with Crippen LogP contribution in [0.4, 0.5) is 0 Å². The number of aliphatic hydroxyl groups excluding tert-OH is 1. The first-order chi connectivity index (χ1) is 9.74. The molecular weight excluding hydrogens is 250 g/mol. The average Bonchev–Trinajstić information content (AvgIpc) is 2.48. The van der Waals surface area contributed by atoms with Crippen LogP contribution in [-0.4, -0.2) is 36.8 Å². The van der Waals surface area contributed by atoms with E-state index in [2.05, 4.69) is 36.7 Å². The van der Waals surface area contributed by atoms with Crippen LogP contribution in [0, 0.1) is 11.8 Å². The summed E-state index contributed by atoms with van der Waals surface area (Å²) in [5.74, 6) is 7.00. The van der Waals surface area contributed by atoms with Gasteiger partial charge in [-0.1, -0.05) is 25.7 Å². The molecular formula is C17H25NO2. The Morgan fingerprint density at radius 2 is 2.10 bits per heavy atom. The number of benzene rings is 1. The first-order valence-electron chi connectivity index (χ1n) is 7.24. The fourth-order valence-electron chi connectivity index (χ4n) is 2.07. The summed E-state index contributed by atoms with van der Waals surface area (Å²) in [6, 6.07) is 5.99. The predicted octanol–water partition coefficient (Wildman–Crippen LogP) is 2.66. The fraction of sp³-hybridized carbons (Fsp3) is 0.529. The third-order valence-corrected chi connectivity index (χ3v) is 3.15. The molecule has 0 aliphatic carbocycles. The van der Waals surface area contributed by atoms with E-state index in [9.17, 15) is 0 Å². The zero-order chi connectivity index (χ0) is 14.8. The molecule has 0 aromatic heterocycles. The number of rotatable bonds is 7. The molecule has 1 N–H and O–H groups in total. The topological polar surface area (TPSA) is 32.7 Å². The minimum atomic E-state index is 0.107. The Morgan fingerprint density at radius 1 is 1.30 bits per heavy atom. The summed E-state index contributed by atoms with van der Waals surface area (Å²) < 4.78 is 5.30. The van der Waals surface area contributed by atoms with Crippen molar-refractivity contribution >= 4 is 0 Å². The van der Waals surface area contributed by atoms with Gasteiger partial charge in [-0.3, -0.25) is 4.90 Å². The second-order valence-electron chi connectivity index (χ2n) is 4.67. The minimum absolute atomic E-state index is 0.107. The van der Waals surface area contributed by atoms with Crippen molar-refractivity contribution in [1.82, 2.24) is 4.90 Å². The highest BCUT2D eigenvalue weighted by Gasteiger charge is 2.07. The second kappa shape index (κ2) is 9.41. The van der Waals surface area contributed by atoms with Crippen molar-refractivity contribution in [1.29, 1.82) is 0 Å². The monoisotopic (exact) mass is 275 g/mol. The molecule has 0 aliphatic heterocycles. The molecule has 3 nitrogen and oxygen atoms in total. The number of hydrogen-bond acceptors (Lipinski definition) is 3. The van der Waals surface area contributed by atoms with Crippen LogP contribution >= 0.6 is 0 Å². The van der Waals surface area contributed by atoms with Crippen molar-refractivity contribution < 1.29 is 9.84 Å². The van der Waals surface area contributed by atoms with Gasteiger partial charge in [-0.05, 0) is 43.3 Å². The van der Waals surface area contributed by atoms with Crippen molar-refractivity contribution in [3.63, 3.8) is 0 Å². The maximum atomic E-state index is 8.82. The summed E-state index contributed by atoms with van der Waals surface area (Å²) in [5.41, 5.74) is 2.21. The molecule has 0 heterocycles. The first-order valence-corrected chi connectivity index (χ1v) is 7.24. The van der Waals surface area contributed by atoms with E-state index >= 15 is 0 Å². The van der Waals surface area contributed by atoms with E-state index in [0.717, 1.165) is 37.4 Å². The largest absolute Gasteiger partial charge is 0.497 e. The van der Waals surface area contributed by atoms with Crippen LogP contribution in [0.1, 0.15) is 37.8 Å². The Kier molecular flexibility index (Phi) is 7.79. The van der Waals surface area contributed by atoms with Crippen LogP contribution in [-0.2, 0) is 6.54 Å². The van der Waals surface area contributed by atoms with Crippen LogP contribution in [0.15, 0.2) is 18.2 Å². The van der Waals surface area contributed by atoms with Crippen LogP contribution in [0.5, 0.6) is 5.75 Å². The van der Waals surface area contributed by atoms with Crippen LogP contribution < -0.4 is 4.74 Å². The Hall–Kier alpha value is -1.50. The molecule has 0 aliphatic rings. The summed E-state index contributed by atoms with van der Waals surface area (Å²) in [5, 5.41) is 8.82. The molecule has 0 unspecified atom stereocenters. The summed E-state index contributed by atoms with van der Waals surface area (Å²) in [7, 11) is 1.68. The zero-order valence-electron chi connectivity index (χ0n) is 12.8. The Bertz CT molecular complexity index is 460. The number of nitrogens with zero attached hydrogens (tertiary/aromatic N) is 1. The smallest absolute Gasteiger partial charge is 0.119 e. The zero-order valence-corrected chi connectivity index (χ0v) is 12.8. The molecule has 3 heteroatoms. The number of ether oxygens (including phenoxy) is 1. The van der Waals surface area contributed by atoms with E-state index in [-0.39, 0.29) is 6.61 Å². The molecule has 0 saturated carbocycles. The molecule has 0 radical (unpaired) electrons. The molecule has 0 spiro atoms. The van der Waals surface area contributed by atoms with Gasteiger partial charge in [0, 0.05) is 18.5 Å².